The van der Waals surface area contributed by atoms with Crippen LogP contribution < -0.4 is 14.8 Å². The molecule has 1 saturated heterocycles. The average molecular weight is 489 g/mol. The molecule has 1 heterocycles. The van der Waals surface area contributed by atoms with E-state index >= 15 is 0 Å². The fourth-order valence-electron chi connectivity index (χ4n) is 3.30. The summed E-state index contributed by atoms with van der Waals surface area (Å²) in [5.41, 5.74) is 2.25. The van der Waals surface area contributed by atoms with Crippen LogP contribution in [-0.4, -0.2) is 35.8 Å². The van der Waals surface area contributed by atoms with Crippen molar-refractivity contribution in [3.05, 3.63) is 52.0 Å². The quantitative estimate of drug-likeness (QED) is 0.537. The first kappa shape index (κ1) is 22.8. The number of imide groups is 1. The van der Waals surface area contributed by atoms with Crippen LogP contribution in [0.15, 0.2) is 40.9 Å². The van der Waals surface area contributed by atoms with Crippen molar-refractivity contribution >= 4 is 39.3 Å². The zero-order chi connectivity index (χ0) is 22.4. The van der Waals surface area contributed by atoms with E-state index in [9.17, 15) is 14.4 Å². The van der Waals surface area contributed by atoms with Gasteiger partial charge in [0.15, 0.2) is 11.5 Å². The molecule has 1 aliphatic rings. The maximum absolute atomic E-state index is 12.6. The fraction of sp³-hybridized carbons (Fsp3) is 0.348. The third-order valence-electron chi connectivity index (χ3n) is 4.80. The Labute approximate surface area is 189 Å². The molecule has 0 aromatic heterocycles. The van der Waals surface area contributed by atoms with Crippen LogP contribution in [0.1, 0.15) is 37.8 Å². The van der Waals surface area contributed by atoms with E-state index in [0.29, 0.717) is 30.4 Å². The molecule has 0 aliphatic carbocycles. The molecular formula is C23H25BrN2O5. The summed E-state index contributed by atoms with van der Waals surface area (Å²) in [5.74, 6) is 0.770. The van der Waals surface area contributed by atoms with E-state index in [2.05, 4.69) is 21.2 Å². The van der Waals surface area contributed by atoms with Crippen LogP contribution in [0.5, 0.6) is 11.5 Å². The van der Waals surface area contributed by atoms with Crippen molar-refractivity contribution < 1.29 is 23.9 Å². The second-order valence-corrected chi connectivity index (χ2v) is 7.91. The summed E-state index contributed by atoms with van der Waals surface area (Å²) in [7, 11) is 0. The SMILES string of the molecule is CCOc1cc(Br)c(CC(=O)Nc2ccc(CN3C(=O)CCC3=O)cc2)cc1OCC. The molecule has 1 fully saturated rings. The summed E-state index contributed by atoms with van der Waals surface area (Å²) in [6.07, 6.45) is 0.712. The Balaban J connectivity index is 1.63. The molecular weight excluding hydrogens is 464 g/mol. The van der Waals surface area contributed by atoms with Crippen LogP contribution in [0, 0.1) is 0 Å². The van der Waals surface area contributed by atoms with Gasteiger partial charge in [0, 0.05) is 23.0 Å². The molecule has 7 nitrogen and oxygen atoms in total. The summed E-state index contributed by atoms with van der Waals surface area (Å²) in [6.45, 7) is 5.06. The van der Waals surface area contributed by atoms with Crippen molar-refractivity contribution in [1.29, 1.82) is 0 Å². The average Bonchev–Trinajstić information content (AvgIpc) is 3.05. The zero-order valence-corrected chi connectivity index (χ0v) is 19.2. The molecule has 31 heavy (non-hydrogen) atoms. The van der Waals surface area contributed by atoms with Crippen LogP contribution in [0.25, 0.3) is 0 Å². The largest absolute Gasteiger partial charge is 0.490 e. The first-order chi connectivity index (χ1) is 14.9. The van der Waals surface area contributed by atoms with Gasteiger partial charge in [-0.05, 0) is 49.2 Å². The van der Waals surface area contributed by atoms with Crippen LogP contribution in [0.3, 0.4) is 0 Å². The fourth-order valence-corrected chi connectivity index (χ4v) is 3.77. The molecule has 0 saturated carbocycles. The number of nitrogens with zero attached hydrogens (tertiary/aromatic N) is 1. The van der Waals surface area contributed by atoms with Gasteiger partial charge in [0.05, 0.1) is 26.2 Å². The number of likely N-dealkylation sites (tertiary alicyclic amines) is 1. The van der Waals surface area contributed by atoms with E-state index in [4.69, 9.17) is 9.47 Å². The van der Waals surface area contributed by atoms with Crippen molar-refractivity contribution in [2.45, 2.75) is 39.7 Å². The number of carbonyl (C=O) groups excluding carboxylic acids is 3. The standard InChI is InChI=1S/C23H25BrN2O5/c1-3-30-19-11-16(18(24)13-20(19)31-4-2)12-21(27)25-17-7-5-15(6-8-17)14-26-22(28)9-10-23(26)29/h5-8,11,13H,3-4,9-10,12,14H2,1-2H3,(H,25,27). The lowest BCUT2D eigenvalue weighted by Gasteiger charge is -2.15. The number of ether oxygens (including phenoxy) is 2. The zero-order valence-electron chi connectivity index (χ0n) is 17.6. The highest BCUT2D eigenvalue weighted by atomic mass is 79.9. The normalized spacial score (nSPS) is 13.5. The van der Waals surface area contributed by atoms with Gasteiger partial charge in [-0.25, -0.2) is 0 Å². The minimum absolute atomic E-state index is 0.144. The number of nitrogens with one attached hydrogen (secondary N) is 1. The maximum atomic E-state index is 12.6. The van der Waals surface area contributed by atoms with E-state index in [-0.39, 0.29) is 43.5 Å². The number of carbonyl (C=O) groups is 3. The number of amides is 3. The lowest BCUT2D eigenvalue weighted by molar-refractivity contribution is -0.139. The van der Waals surface area contributed by atoms with Crippen molar-refractivity contribution in [3.8, 4) is 11.5 Å². The number of anilines is 1. The molecule has 0 unspecified atom stereocenters. The van der Waals surface area contributed by atoms with Gasteiger partial charge in [-0.1, -0.05) is 28.1 Å². The smallest absolute Gasteiger partial charge is 0.229 e. The Kier molecular flexibility index (Phi) is 7.68. The Morgan fingerprint density at radius 3 is 2.16 bits per heavy atom. The maximum Gasteiger partial charge on any atom is 0.229 e. The number of hydrogen-bond donors (Lipinski definition) is 1. The third kappa shape index (κ3) is 5.85. The lowest BCUT2D eigenvalue weighted by Crippen LogP contribution is -2.28. The van der Waals surface area contributed by atoms with Crippen LogP contribution in [0.2, 0.25) is 0 Å². The minimum Gasteiger partial charge on any atom is -0.490 e. The molecule has 8 heteroatoms. The summed E-state index contributed by atoms with van der Waals surface area (Å²) in [4.78, 5) is 37.3. The molecule has 2 aromatic rings. The Morgan fingerprint density at radius 2 is 1.58 bits per heavy atom. The van der Waals surface area contributed by atoms with E-state index in [0.717, 1.165) is 15.6 Å². The van der Waals surface area contributed by atoms with Crippen LogP contribution in [0.4, 0.5) is 5.69 Å². The predicted molar refractivity (Wildman–Crippen MR) is 120 cm³/mol. The van der Waals surface area contributed by atoms with Crippen molar-refractivity contribution in [1.82, 2.24) is 4.90 Å². The third-order valence-corrected chi connectivity index (χ3v) is 5.53. The van der Waals surface area contributed by atoms with E-state index in [1.807, 2.05) is 26.0 Å². The van der Waals surface area contributed by atoms with Gasteiger partial charge >= 0.3 is 0 Å². The predicted octanol–water partition coefficient (Wildman–Crippen LogP) is 4.08. The van der Waals surface area contributed by atoms with Gasteiger partial charge < -0.3 is 14.8 Å². The monoisotopic (exact) mass is 488 g/mol. The van der Waals surface area contributed by atoms with Crippen LogP contribution >= 0.6 is 15.9 Å². The second kappa shape index (κ2) is 10.4. The molecule has 1 aliphatic heterocycles. The summed E-state index contributed by atoms with van der Waals surface area (Å²) < 4.78 is 12.0. The first-order valence-corrected chi connectivity index (χ1v) is 11.0. The Hall–Kier alpha value is -2.87. The van der Waals surface area contributed by atoms with Crippen molar-refractivity contribution in [3.63, 3.8) is 0 Å². The highest BCUT2D eigenvalue weighted by molar-refractivity contribution is 9.10. The van der Waals surface area contributed by atoms with Gasteiger partial charge in [0.1, 0.15) is 0 Å². The molecule has 3 rings (SSSR count). The van der Waals surface area contributed by atoms with Gasteiger partial charge in [-0.3, -0.25) is 19.3 Å². The molecule has 0 bridgehead atoms. The Bertz CT molecular complexity index is 959. The first-order valence-electron chi connectivity index (χ1n) is 10.2. The number of hydrogen-bond acceptors (Lipinski definition) is 5. The second-order valence-electron chi connectivity index (χ2n) is 7.05. The molecule has 0 radical (unpaired) electrons. The number of halogens is 1. The van der Waals surface area contributed by atoms with Crippen molar-refractivity contribution in [2.75, 3.05) is 18.5 Å². The number of benzene rings is 2. The molecule has 2 aromatic carbocycles. The van der Waals surface area contributed by atoms with Gasteiger partial charge in [-0.15, -0.1) is 0 Å². The van der Waals surface area contributed by atoms with Crippen LogP contribution in [-0.2, 0) is 27.3 Å². The van der Waals surface area contributed by atoms with Gasteiger partial charge in [-0.2, -0.15) is 0 Å². The lowest BCUT2D eigenvalue weighted by atomic mass is 10.1. The Morgan fingerprint density at radius 1 is 1.00 bits per heavy atom. The summed E-state index contributed by atoms with van der Waals surface area (Å²) in [6, 6.07) is 10.7. The van der Waals surface area contributed by atoms with E-state index in [1.165, 1.54) is 4.90 Å². The summed E-state index contributed by atoms with van der Waals surface area (Å²) in [5, 5.41) is 2.87. The number of rotatable bonds is 9. The molecule has 1 N–H and O–H groups in total. The highest BCUT2D eigenvalue weighted by Gasteiger charge is 2.28. The summed E-state index contributed by atoms with van der Waals surface area (Å²) >= 11 is 3.50. The van der Waals surface area contributed by atoms with E-state index in [1.54, 1.807) is 24.3 Å². The molecule has 3 amide bonds. The molecule has 0 atom stereocenters. The van der Waals surface area contributed by atoms with Gasteiger partial charge in [0.25, 0.3) is 0 Å². The highest BCUT2D eigenvalue weighted by Crippen LogP contribution is 2.34. The van der Waals surface area contributed by atoms with E-state index < -0.39 is 0 Å². The molecule has 164 valence electrons. The van der Waals surface area contributed by atoms with Crippen molar-refractivity contribution in [2.24, 2.45) is 0 Å². The van der Waals surface area contributed by atoms with Gasteiger partial charge in [0.2, 0.25) is 17.7 Å². The molecule has 0 spiro atoms. The minimum atomic E-state index is -0.176. The topological polar surface area (TPSA) is 84.9 Å².